The molecule has 9 aromatic rings. The van der Waals surface area contributed by atoms with Crippen LogP contribution in [-0.4, -0.2) is 70.0 Å². The number of nitro groups is 2. The van der Waals surface area contributed by atoms with Gasteiger partial charge in [-0.2, -0.15) is 20.0 Å². The highest BCUT2D eigenvalue weighted by atomic mass is 79.9. The van der Waals surface area contributed by atoms with Gasteiger partial charge in [-0.25, -0.2) is 4.79 Å². The number of nitro benzene ring substituents is 2. The van der Waals surface area contributed by atoms with Crippen LogP contribution in [0.1, 0.15) is 48.5 Å². The van der Waals surface area contributed by atoms with Gasteiger partial charge in [0.15, 0.2) is 0 Å². The normalized spacial score (nSPS) is 13.4. The van der Waals surface area contributed by atoms with Crippen molar-refractivity contribution in [3.05, 3.63) is 166 Å². The van der Waals surface area contributed by atoms with Crippen LogP contribution in [0.15, 0.2) is 133 Å². The summed E-state index contributed by atoms with van der Waals surface area (Å²) in [6, 6.07) is 27.0. The Morgan fingerprint density at radius 3 is 1.57 bits per heavy atom. The summed E-state index contributed by atoms with van der Waals surface area (Å²) < 4.78 is 20.9. The molecule has 17 nitrogen and oxygen atoms in total. The van der Waals surface area contributed by atoms with E-state index >= 15 is 0 Å². The molecule has 0 aliphatic carbocycles. The lowest BCUT2D eigenvalue weighted by atomic mass is 9.82. The molecule has 1 fully saturated rings. The molecule has 0 unspecified atom stereocenters. The number of carbonyl (C=O) groups is 1. The molecule has 0 amide bonds. The first kappa shape index (κ1) is 56.5. The van der Waals surface area contributed by atoms with Gasteiger partial charge in [-0.05, 0) is 120 Å². The van der Waals surface area contributed by atoms with Gasteiger partial charge in [0, 0.05) is 83.9 Å². The molecule has 0 atom stereocenters. The van der Waals surface area contributed by atoms with Crippen molar-refractivity contribution in [1.82, 2.24) is 30.2 Å². The Hall–Kier alpha value is -6.21. The van der Waals surface area contributed by atoms with E-state index in [0.717, 1.165) is 57.2 Å². The van der Waals surface area contributed by atoms with Gasteiger partial charge >= 0.3 is 13.2 Å². The summed E-state index contributed by atoms with van der Waals surface area (Å²) in [4.78, 5) is 36.0. The summed E-state index contributed by atoms with van der Waals surface area (Å²) in [5, 5.41) is 39.5. The molecule has 10 rings (SSSR count). The molecule has 1 saturated heterocycles. The van der Waals surface area contributed by atoms with Crippen molar-refractivity contribution in [3.8, 4) is 53.6 Å². The average Bonchev–Trinajstić information content (AvgIpc) is 4.21. The van der Waals surface area contributed by atoms with Crippen molar-refractivity contribution < 1.29 is 28.7 Å². The van der Waals surface area contributed by atoms with Gasteiger partial charge in [-0.1, -0.05) is 68.9 Å². The summed E-state index contributed by atoms with van der Waals surface area (Å²) in [5.74, 6) is 0. The average molecular weight is 1190 g/mol. The Balaban J connectivity index is 0.000000146. The number of nitrogens with zero attached hydrogens (tertiary/aromatic N) is 6. The molecule has 25 heteroatoms. The number of ether oxygens (including phenoxy) is 1. The Morgan fingerprint density at radius 1 is 0.693 bits per heavy atom. The zero-order chi connectivity index (χ0) is 54.4. The zero-order valence-corrected chi connectivity index (χ0v) is 47.3. The number of hydrogen-bond donors (Lipinski definition) is 3. The number of aromatic nitrogens is 6. The van der Waals surface area contributed by atoms with Crippen molar-refractivity contribution in [2.75, 3.05) is 5.73 Å². The molecule has 0 bridgehead atoms. The second-order valence-electron chi connectivity index (χ2n) is 18.3. The number of halogens is 4. The minimum atomic E-state index is -0.562. The fraction of sp³-hybridized carbons (Fsp3) is 0.200. The van der Waals surface area contributed by atoms with E-state index in [1.165, 1.54) is 40.1 Å². The fourth-order valence-corrected chi connectivity index (χ4v) is 10.5. The number of nitrogens with one attached hydrogen (secondary N) is 2. The number of rotatable bonds is 8. The zero-order valence-electron chi connectivity index (χ0n) is 41.0. The van der Waals surface area contributed by atoms with Gasteiger partial charge < -0.3 is 19.8 Å². The Morgan fingerprint density at radius 2 is 1.15 bits per heavy atom. The van der Waals surface area contributed by atoms with Crippen LogP contribution in [0, 0.1) is 20.2 Å². The van der Waals surface area contributed by atoms with E-state index in [-0.39, 0.29) is 16.3 Å². The smallest absolute Gasteiger partial charge is 0.442 e. The lowest BCUT2D eigenvalue weighted by molar-refractivity contribution is -0.384. The minimum absolute atomic E-state index is 0.0576. The molecule has 75 heavy (non-hydrogen) atoms. The van der Waals surface area contributed by atoms with Gasteiger partial charge in [0.25, 0.3) is 11.4 Å². The molecular formula is C50H46BBrCl3N9O8S3. The molecule has 0 radical (unpaired) electrons. The molecule has 7 heterocycles. The molecule has 388 valence electrons. The van der Waals surface area contributed by atoms with Crippen LogP contribution in [0.5, 0.6) is 0 Å². The maximum Gasteiger partial charge on any atom is 0.498 e. The van der Waals surface area contributed by atoms with Crippen LogP contribution >= 0.6 is 84.7 Å². The SMILES string of the molecule is CC(C)(C)OC(=O)n1cc(B2OC(C)(C)C(C)(C)O2)cn1.Nc1cc(-c2cn[nH]c2)ccc1-c1ccc(Cl)s1.O=[N+]([O-])c1cc(-c2cn[nH]c2)ccc1-c1ccc(Cl)s1.O=[N+]([O-])c1cc(Br)ccc1-c1ccc(Cl)s1. The number of thiophene rings is 3. The first-order chi connectivity index (χ1) is 35.4. The monoisotopic (exact) mass is 1190 g/mol. The largest absolute Gasteiger partial charge is 0.498 e. The number of benzene rings is 3. The van der Waals surface area contributed by atoms with Crippen molar-refractivity contribution >= 4 is 120 Å². The summed E-state index contributed by atoms with van der Waals surface area (Å²) >= 11 is 25.0. The molecule has 3 aromatic carbocycles. The van der Waals surface area contributed by atoms with Gasteiger partial charge in [0.1, 0.15) is 5.60 Å². The van der Waals surface area contributed by atoms with Gasteiger partial charge in [0.2, 0.25) is 0 Å². The van der Waals surface area contributed by atoms with E-state index in [9.17, 15) is 25.0 Å². The molecule has 1 aliphatic rings. The van der Waals surface area contributed by atoms with Crippen LogP contribution < -0.4 is 11.2 Å². The second-order valence-corrected chi connectivity index (χ2v) is 24.3. The number of hydrogen-bond acceptors (Lipinski definition) is 15. The Labute approximate surface area is 466 Å². The maximum atomic E-state index is 11.9. The Kier molecular flexibility index (Phi) is 17.9. The van der Waals surface area contributed by atoms with Crippen molar-refractivity contribution in [2.45, 2.75) is 65.3 Å². The first-order valence-electron chi connectivity index (χ1n) is 22.4. The molecule has 0 saturated carbocycles. The predicted molar refractivity (Wildman–Crippen MR) is 304 cm³/mol. The van der Waals surface area contributed by atoms with Crippen LogP contribution in [0.4, 0.5) is 21.9 Å². The minimum Gasteiger partial charge on any atom is -0.442 e. The first-order valence-corrected chi connectivity index (χ1v) is 26.8. The summed E-state index contributed by atoms with van der Waals surface area (Å²) in [5.41, 5.74) is 12.1. The summed E-state index contributed by atoms with van der Waals surface area (Å²) in [6.07, 6.45) is 9.56. The third kappa shape index (κ3) is 14.4. The van der Waals surface area contributed by atoms with Crippen LogP contribution in [0.2, 0.25) is 13.0 Å². The van der Waals surface area contributed by atoms with Crippen LogP contribution in [0.3, 0.4) is 0 Å². The van der Waals surface area contributed by atoms with E-state index in [2.05, 4.69) is 41.4 Å². The van der Waals surface area contributed by atoms with Crippen LogP contribution in [-0.2, 0) is 14.0 Å². The molecular weight excluding hydrogens is 1150 g/mol. The van der Waals surface area contributed by atoms with Crippen molar-refractivity contribution in [3.63, 3.8) is 0 Å². The maximum absolute atomic E-state index is 11.9. The third-order valence-electron chi connectivity index (χ3n) is 11.3. The lowest BCUT2D eigenvalue weighted by Crippen LogP contribution is -2.41. The quantitative estimate of drug-likeness (QED) is 0.0558. The number of nitrogens with two attached hydrogens (primary N) is 1. The van der Waals surface area contributed by atoms with Gasteiger partial charge in [-0.15, -0.1) is 34.0 Å². The highest BCUT2D eigenvalue weighted by Crippen LogP contribution is 2.41. The topological polar surface area (TPSA) is 232 Å². The highest BCUT2D eigenvalue weighted by molar-refractivity contribution is 9.10. The predicted octanol–water partition coefficient (Wildman–Crippen LogP) is 15.1. The van der Waals surface area contributed by atoms with E-state index in [1.54, 1.807) is 79.5 Å². The second kappa shape index (κ2) is 23.8. The molecule has 4 N–H and O–H groups in total. The molecule has 6 aromatic heterocycles. The number of anilines is 1. The number of carbonyl (C=O) groups excluding carboxylic acids is 1. The number of H-pyrrole nitrogens is 2. The lowest BCUT2D eigenvalue weighted by Gasteiger charge is -2.32. The summed E-state index contributed by atoms with van der Waals surface area (Å²) in [6.45, 7) is 13.3. The van der Waals surface area contributed by atoms with Crippen molar-refractivity contribution in [2.24, 2.45) is 0 Å². The third-order valence-corrected chi connectivity index (χ3v) is 15.6. The van der Waals surface area contributed by atoms with E-state index in [1.807, 2.05) is 91.1 Å². The standard InChI is InChI=1S/C14H23BN2O4.C13H8ClN3O2S.C13H10ClN3S.C10H5BrClNO2S/c1-12(2,3)19-11(18)17-9-10(8-16-17)15-20-13(4,5)14(6,7)21-15;14-13-4-3-12(20-13)10-2-1-8(5-11(10)17(18)19)9-6-15-16-7-9;14-13-4-3-12(18-13)10-2-1-8(5-11(10)15)9-6-16-17-7-9;11-6-1-2-7(8(5-6)13(14)15)9-3-4-10(12)16-9/h8-9H,1-7H3;1-7H,(H,15,16);1-7H,15H2,(H,16,17);1-5H. The van der Waals surface area contributed by atoms with Crippen molar-refractivity contribution in [1.29, 1.82) is 0 Å². The van der Waals surface area contributed by atoms with E-state index < -0.39 is 34.9 Å². The summed E-state index contributed by atoms with van der Waals surface area (Å²) in [7, 11) is -0.536. The number of nitrogen functional groups attached to an aromatic ring is 1. The van der Waals surface area contributed by atoms with Gasteiger partial charge in [0.05, 0.1) is 57.6 Å². The number of aromatic amines is 2. The van der Waals surface area contributed by atoms with Crippen LogP contribution in [0.25, 0.3) is 53.6 Å². The highest BCUT2D eigenvalue weighted by Gasteiger charge is 2.52. The molecule has 1 aliphatic heterocycles. The van der Waals surface area contributed by atoms with E-state index in [4.69, 9.17) is 54.6 Å². The fourth-order valence-electron chi connectivity index (χ4n) is 6.94. The molecule has 0 spiro atoms. The van der Waals surface area contributed by atoms with E-state index in [0.29, 0.717) is 29.7 Å². The van der Waals surface area contributed by atoms with Gasteiger partial charge in [-0.3, -0.25) is 30.4 Å². The Bertz CT molecular complexity index is 3430.